The van der Waals surface area contributed by atoms with Crippen molar-refractivity contribution in [2.75, 3.05) is 11.5 Å². The minimum atomic E-state index is -0.732. The minimum absolute atomic E-state index is 0.119. The van der Waals surface area contributed by atoms with Crippen molar-refractivity contribution in [3.05, 3.63) is 47.2 Å². The lowest BCUT2D eigenvalue weighted by molar-refractivity contribution is 0.102. The van der Waals surface area contributed by atoms with Crippen molar-refractivity contribution in [2.24, 2.45) is 21.1 Å². The van der Waals surface area contributed by atoms with Crippen LogP contribution in [-0.4, -0.2) is 30.2 Å². The molecule has 0 aromatic carbocycles. The average Bonchev–Trinajstić information content (AvgIpc) is 3.11. The number of thiophene rings is 1. The summed E-state index contributed by atoms with van der Waals surface area (Å²) in [5.41, 5.74) is 5.29. The molecule has 158 valence electrons. The molecule has 0 fully saturated rings. The van der Waals surface area contributed by atoms with Crippen LogP contribution in [-0.2, 0) is 34.0 Å². The van der Waals surface area contributed by atoms with E-state index in [1.54, 1.807) is 18.4 Å². The van der Waals surface area contributed by atoms with E-state index in [1.165, 1.54) is 23.5 Å². The average molecular weight is 448 g/mol. The number of nitrogens with zero attached hydrogens (tertiary/aromatic N) is 4. The summed E-state index contributed by atoms with van der Waals surface area (Å²) in [6.45, 7) is 0. The lowest BCUT2D eigenvalue weighted by Crippen LogP contribution is -2.41. The van der Waals surface area contributed by atoms with E-state index >= 15 is 0 Å². The number of carbonyl (C=O) groups excluding carboxylic acids is 1. The Morgan fingerprint density at radius 3 is 2.50 bits per heavy atom. The molecule has 9 nitrogen and oxygen atoms in total. The maximum absolute atomic E-state index is 13.0. The predicted octanol–water partition coefficient (Wildman–Crippen LogP) is 0.828. The van der Waals surface area contributed by atoms with E-state index < -0.39 is 17.0 Å². The number of hydrogen-bond donors (Lipinski definition) is 1. The Hall–Kier alpha value is -2.66. The number of hydrogen-bond acceptors (Lipinski definition) is 8. The van der Waals surface area contributed by atoms with Crippen LogP contribution >= 0.6 is 23.1 Å². The Labute approximate surface area is 179 Å². The van der Waals surface area contributed by atoms with E-state index in [2.05, 4.69) is 4.98 Å². The monoisotopic (exact) mass is 447 g/mol. The molecule has 0 aliphatic heterocycles. The number of fused-ring (bicyclic) bond motifs is 3. The van der Waals surface area contributed by atoms with Crippen molar-refractivity contribution in [1.29, 1.82) is 0 Å². The van der Waals surface area contributed by atoms with Crippen LogP contribution in [0.4, 0.5) is 5.82 Å². The van der Waals surface area contributed by atoms with Gasteiger partial charge in [-0.25, -0.2) is 9.78 Å². The number of anilines is 1. The summed E-state index contributed by atoms with van der Waals surface area (Å²) in [5.74, 6) is -0.820. The highest BCUT2D eigenvalue weighted by Gasteiger charge is 2.23. The molecule has 1 aliphatic rings. The fourth-order valence-corrected chi connectivity index (χ4v) is 5.87. The fourth-order valence-electron chi connectivity index (χ4n) is 3.72. The molecule has 0 radical (unpaired) electrons. The standard InChI is InChI=1S/C19H21N5O4S2/c1-22-14(20)13(17(27)24(3)19(22)28)10(25)8-29-18-21-15-12(16(26)23(18)2)9-6-4-5-7-11(9)30-15/h4-8,20H2,1-3H3. The van der Waals surface area contributed by atoms with Crippen molar-refractivity contribution in [1.82, 2.24) is 18.7 Å². The summed E-state index contributed by atoms with van der Waals surface area (Å²) in [6, 6.07) is 0. The molecule has 3 heterocycles. The van der Waals surface area contributed by atoms with Crippen LogP contribution in [0.5, 0.6) is 0 Å². The first kappa shape index (κ1) is 20.6. The first-order valence-corrected chi connectivity index (χ1v) is 11.2. The molecule has 0 unspecified atom stereocenters. The van der Waals surface area contributed by atoms with Gasteiger partial charge in [-0.2, -0.15) is 0 Å². The van der Waals surface area contributed by atoms with Gasteiger partial charge < -0.3 is 5.73 Å². The molecule has 0 bridgehead atoms. The molecule has 3 aromatic heterocycles. The van der Waals surface area contributed by atoms with Crippen molar-refractivity contribution in [3.63, 3.8) is 0 Å². The number of nitrogen functional groups attached to an aromatic ring is 1. The molecule has 4 rings (SSSR count). The second-order valence-electron chi connectivity index (χ2n) is 7.33. The van der Waals surface area contributed by atoms with Crippen LogP contribution in [0.25, 0.3) is 10.2 Å². The highest BCUT2D eigenvalue weighted by molar-refractivity contribution is 7.99. The molecule has 11 heteroatoms. The summed E-state index contributed by atoms with van der Waals surface area (Å²) in [6.07, 6.45) is 4.05. The van der Waals surface area contributed by atoms with Crippen LogP contribution in [0, 0.1) is 0 Å². The SMILES string of the molecule is Cn1c(SCC(=O)c2c(N)n(C)c(=O)n(C)c2=O)nc2sc3c(c2c1=O)CCCC3. The van der Waals surface area contributed by atoms with Gasteiger partial charge in [-0.15, -0.1) is 11.3 Å². The summed E-state index contributed by atoms with van der Waals surface area (Å²) < 4.78 is 3.37. The molecule has 0 saturated heterocycles. The van der Waals surface area contributed by atoms with Gasteiger partial charge >= 0.3 is 5.69 Å². The highest BCUT2D eigenvalue weighted by Crippen LogP contribution is 2.34. The van der Waals surface area contributed by atoms with E-state index in [0.717, 1.165) is 52.1 Å². The number of thioether (sulfide) groups is 1. The van der Waals surface area contributed by atoms with Gasteiger partial charge in [-0.05, 0) is 31.2 Å². The van der Waals surface area contributed by atoms with Gasteiger partial charge in [0.1, 0.15) is 16.2 Å². The zero-order valence-electron chi connectivity index (χ0n) is 16.9. The summed E-state index contributed by atoms with van der Waals surface area (Å²) in [4.78, 5) is 56.6. The predicted molar refractivity (Wildman–Crippen MR) is 118 cm³/mol. The molecule has 0 spiro atoms. The number of rotatable bonds is 4. The molecule has 1 aliphatic carbocycles. The second kappa shape index (κ2) is 7.55. The number of aromatic nitrogens is 4. The van der Waals surface area contributed by atoms with Crippen LogP contribution in [0.1, 0.15) is 33.6 Å². The topological polar surface area (TPSA) is 122 Å². The highest BCUT2D eigenvalue weighted by atomic mass is 32.2. The molecule has 30 heavy (non-hydrogen) atoms. The van der Waals surface area contributed by atoms with Gasteiger partial charge in [0.2, 0.25) is 0 Å². The third-order valence-corrected chi connectivity index (χ3v) is 7.69. The molecule has 0 saturated carbocycles. The van der Waals surface area contributed by atoms with Crippen molar-refractivity contribution in [2.45, 2.75) is 30.8 Å². The number of Topliss-reactive ketones (excluding diaryl/α,β-unsaturated/α-hetero) is 1. The molecule has 0 amide bonds. The first-order chi connectivity index (χ1) is 14.2. The van der Waals surface area contributed by atoms with Crippen LogP contribution < -0.4 is 22.5 Å². The van der Waals surface area contributed by atoms with Gasteiger partial charge in [0, 0.05) is 26.0 Å². The molecule has 3 aromatic rings. The molecular formula is C19H21N5O4S2. The van der Waals surface area contributed by atoms with Gasteiger partial charge in [-0.1, -0.05) is 11.8 Å². The molecular weight excluding hydrogens is 426 g/mol. The Morgan fingerprint density at radius 1 is 1.07 bits per heavy atom. The second-order valence-corrected chi connectivity index (χ2v) is 9.35. The van der Waals surface area contributed by atoms with Crippen LogP contribution in [0.3, 0.4) is 0 Å². The Bertz CT molecular complexity index is 1380. The first-order valence-electron chi connectivity index (χ1n) is 9.45. The third kappa shape index (κ3) is 3.12. The maximum Gasteiger partial charge on any atom is 0.332 e. The van der Waals surface area contributed by atoms with E-state index in [4.69, 9.17) is 5.73 Å². The lowest BCUT2D eigenvalue weighted by Gasteiger charge is -2.12. The summed E-state index contributed by atoms with van der Waals surface area (Å²) in [7, 11) is 4.33. The van der Waals surface area contributed by atoms with Crippen LogP contribution in [0.15, 0.2) is 19.5 Å². The quantitative estimate of drug-likeness (QED) is 0.357. The zero-order valence-corrected chi connectivity index (χ0v) is 18.5. The van der Waals surface area contributed by atoms with Gasteiger partial charge in [0.15, 0.2) is 10.9 Å². The molecule has 2 N–H and O–H groups in total. The smallest absolute Gasteiger partial charge is 0.332 e. The van der Waals surface area contributed by atoms with Gasteiger partial charge in [0.25, 0.3) is 11.1 Å². The molecule has 0 atom stereocenters. The number of ketones is 1. The van der Waals surface area contributed by atoms with Gasteiger partial charge in [0.05, 0.1) is 11.1 Å². The Morgan fingerprint density at radius 2 is 1.77 bits per heavy atom. The third-order valence-electron chi connectivity index (χ3n) is 5.48. The zero-order chi connectivity index (χ0) is 21.7. The number of nitrogens with two attached hydrogens (primary N) is 1. The van der Waals surface area contributed by atoms with E-state index in [-0.39, 0.29) is 22.7 Å². The van der Waals surface area contributed by atoms with E-state index in [1.807, 2.05) is 0 Å². The van der Waals surface area contributed by atoms with Crippen LogP contribution in [0.2, 0.25) is 0 Å². The van der Waals surface area contributed by atoms with E-state index in [9.17, 15) is 19.2 Å². The van der Waals surface area contributed by atoms with Gasteiger partial charge in [-0.3, -0.25) is 28.1 Å². The minimum Gasteiger partial charge on any atom is -0.384 e. The summed E-state index contributed by atoms with van der Waals surface area (Å²) >= 11 is 2.62. The largest absolute Gasteiger partial charge is 0.384 e. The normalized spacial score (nSPS) is 13.6. The van der Waals surface area contributed by atoms with E-state index in [0.29, 0.717) is 15.4 Å². The Kier molecular flexibility index (Phi) is 5.18. The Balaban J connectivity index is 1.69. The fraction of sp³-hybridized carbons (Fsp3) is 0.421. The number of carbonyl (C=O) groups is 1. The summed E-state index contributed by atoms with van der Waals surface area (Å²) in [5, 5.41) is 1.09. The van der Waals surface area contributed by atoms with Crippen molar-refractivity contribution >= 4 is 44.9 Å². The maximum atomic E-state index is 13.0. The van der Waals surface area contributed by atoms with Crippen molar-refractivity contribution < 1.29 is 4.79 Å². The van der Waals surface area contributed by atoms with Crippen molar-refractivity contribution in [3.8, 4) is 0 Å². The number of aryl methyl sites for hydroxylation is 2. The lowest BCUT2D eigenvalue weighted by atomic mass is 9.97.